The zero-order valence-electron chi connectivity index (χ0n) is 17.1. The van der Waals surface area contributed by atoms with Gasteiger partial charge in [0.2, 0.25) is 0 Å². The monoisotopic (exact) mass is 459 g/mol. The quantitative estimate of drug-likeness (QED) is 0.263. The lowest BCUT2D eigenvalue weighted by Crippen LogP contribution is -2.13. The first-order valence-electron chi connectivity index (χ1n) is 9.79. The van der Waals surface area contributed by atoms with E-state index in [-0.39, 0.29) is 5.57 Å². The fourth-order valence-electron chi connectivity index (χ4n) is 3.01. The summed E-state index contributed by atoms with van der Waals surface area (Å²) in [4.78, 5) is 17.9. The van der Waals surface area contributed by atoms with Crippen LogP contribution < -0.4 is 5.32 Å². The zero-order chi connectivity index (χ0) is 22.5. The van der Waals surface area contributed by atoms with Crippen LogP contribution in [-0.4, -0.2) is 10.9 Å². The summed E-state index contributed by atoms with van der Waals surface area (Å²) in [6, 6.07) is 20.9. The first-order chi connectivity index (χ1) is 15.5. The number of aromatic nitrogens is 1. The molecule has 0 aliphatic carbocycles. The van der Waals surface area contributed by atoms with Gasteiger partial charge in [0.25, 0.3) is 5.91 Å². The Labute approximate surface area is 194 Å². The lowest BCUT2D eigenvalue weighted by atomic mass is 10.1. The van der Waals surface area contributed by atoms with Gasteiger partial charge < -0.3 is 4.42 Å². The van der Waals surface area contributed by atoms with Crippen molar-refractivity contribution in [3.63, 3.8) is 0 Å². The number of hydrogen-bond donors (Lipinski definition) is 1. The molecule has 0 saturated carbocycles. The average molecular weight is 460 g/mol. The zero-order valence-corrected chi connectivity index (χ0v) is 18.7. The first-order valence-corrected chi connectivity index (χ1v) is 11.0. The molecule has 7 heteroatoms. The van der Waals surface area contributed by atoms with Gasteiger partial charge in [-0.15, -0.1) is 11.3 Å². The average Bonchev–Trinajstić information content (AvgIpc) is 3.43. The molecule has 0 unspecified atom stereocenters. The van der Waals surface area contributed by atoms with Crippen molar-refractivity contribution < 1.29 is 9.21 Å². The molecule has 0 radical (unpaired) electrons. The summed E-state index contributed by atoms with van der Waals surface area (Å²) >= 11 is 7.30. The molecule has 0 atom stereocenters. The molecule has 0 saturated heterocycles. The minimum absolute atomic E-state index is 0.0720. The number of rotatable bonds is 6. The molecule has 32 heavy (non-hydrogen) atoms. The summed E-state index contributed by atoms with van der Waals surface area (Å²) in [6.45, 7) is 2.05. The second-order valence-electron chi connectivity index (χ2n) is 7.13. The highest BCUT2D eigenvalue weighted by molar-refractivity contribution is 7.15. The van der Waals surface area contributed by atoms with Crippen LogP contribution in [0.4, 0.5) is 5.13 Å². The number of thiazole rings is 1. The van der Waals surface area contributed by atoms with Crippen LogP contribution in [0.2, 0.25) is 5.02 Å². The molecule has 4 rings (SSSR count). The Morgan fingerprint density at radius 3 is 2.62 bits per heavy atom. The van der Waals surface area contributed by atoms with Crippen LogP contribution in [0, 0.1) is 18.3 Å². The van der Waals surface area contributed by atoms with E-state index in [1.54, 1.807) is 30.5 Å². The van der Waals surface area contributed by atoms with Gasteiger partial charge in [-0.1, -0.05) is 41.4 Å². The third-order valence-electron chi connectivity index (χ3n) is 4.68. The van der Waals surface area contributed by atoms with Crippen molar-refractivity contribution >= 4 is 40.1 Å². The lowest BCUT2D eigenvalue weighted by molar-refractivity contribution is -0.112. The molecular formula is C25H18ClN3O2S. The second kappa shape index (κ2) is 9.65. The van der Waals surface area contributed by atoms with E-state index in [1.165, 1.54) is 28.5 Å². The van der Waals surface area contributed by atoms with E-state index in [2.05, 4.69) is 34.6 Å². The Kier molecular flexibility index (Phi) is 6.50. The third-order valence-corrected chi connectivity index (χ3v) is 5.84. The van der Waals surface area contributed by atoms with Gasteiger partial charge in [-0.25, -0.2) is 4.98 Å². The van der Waals surface area contributed by atoms with Gasteiger partial charge in [0, 0.05) is 34.2 Å². The SMILES string of the molecule is Cc1ccc(Cc2cnc(NC(=O)/C(C#N)=C/c3ccc(-c4ccc(Cl)cc4)o3)s2)cc1. The fourth-order valence-corrected chi connectivity index (χ4v) is 3.98. The minimum atomic E-state index is -0.534. The number of nitrogens with one attached hydrogen (secondary N) is 1. The Morgan fingerprint density at radius 2 is 1.91 bits per heavy atom. The van der Waals surface area contributed by atoms with Gasteiger partial charge in [-0.3, -0.25) is 10.1 Å². The number of nitriles is 1. The normalized spacial score (nSPS) is 11.2. The van der Waals surface area contributed by atoms with Gasteiger partial charge in [0.1, 0.15) is 23.2 Å². The highest BCUT2D eigenvalue weighted by Gasteiger charge is 2.14. The van der Waals surface area contributed by atoms with E-state index >= 15 is 0 Å². The van der Waals surface area contributed by atoms with Crippen molar-refractivity contribution in [2.45, 2.75) is 13.3 Å². The Hall–Kier alpha value is -3.66. The molecule has 2 aromatic heterocycles. The summed E-state index contributed by atoms with van der Waals surface area (Å²) in [5, 5.41) is 13.2. The molecule has 4 aromatic rings. The molecule has 5 nitrogen and oxygen atoms in total. The number of benzene rings is 2. The summed E-state index contributed by atoms with van der Waals surface area (Å²) < 4.78 is 5.76. The van der Waals surface area contributed by atoms with Gasteiger partial charge in [0.05, 0.1) is 0 Å². The number of nitrogens with zero attached hydrogens (tertiary/aromatic N) is 2. The smallest absolute Gasteiger partial charge is 0.268 e. The third kappa shape index (κ3) is 5.33. The van der Waals surface area contributed by atoms with Crippen LogP contribution in [-0.2, 0) is 11.2 Å². The fraction of sp³-hybridized carbons (Fsp3) is 0.0800. The standard InChI is InChI=1S/C25H18ClN3O2S/c1-16-2-4-17(5-3-16)12-22-15-28-25(32-22)29-24(30)19(14-27)13-21-10-11-23(31-21)18-6-8-20(26)9-7-18/h2-11,13,15H,12H2,1H3,(H,28,29,30)/b19-13+. The minimum Gasteiger partial charge on any atom is -0.457 e. The Balaban J connectivity index is 1.44. The first kappa shape index (κ1) is 21.6. The van der Waals surface area contributed by atoms with Gasteiger partial charge in [-0.2, -0.15) is 5.26 Å². The van der Waals surface area contributed by atoms with Crippen LogP contribution in [0.15, 0.2) is 76.9 Å². The Bertz CT molecular complexity index is 1310. The maximum Gasteiger partial charge on any atom is 0.268 e. The lowest BCUT2D eigenvalue weighted by Gasteiger charge is -2.00. The molecule has 0 fully saturated rings. The van der Waals surface area contributed by atoms with E-state index in [0.717, 1.165) is 16.9 Å². The highest BCUT2D eigenvalue weighted by Crippen LogP contribution is 2.26. The number of carbonyl (C=O) groups excluding carboxylic acids is 1. The second-order valence-corrected chi connectivity index (χ2v) is 8.68. The predicted octanol–water partition coefficient (Wildman–Crippen LogP) is 6.50. The van der Waals surface area contributed by atoms with Crippen LogP contribution in [0.1, 0.15) is 21.8 Å². The predicted molar refractivity (Wildman–Crippen MR) is 127 cm³/mol. The van der Waals surface area contributed by atoms with Crippen molar-refractivity contribution in [3.05, 3.63) is 99.2 Å². The molecular weight excluding hydrogens is 442 g/mol. The molecule has 2 heterocycles. The van der Waals surface area contributed by atoms with Crippen molar-refractivity contribution in [2.24, 2.45) is 0 Å². The van der Waals surface area contributed by atoms with Crippen molar-refractivity contribution in [1.29, 1.82) is 5.26 Å². The van der Waals surface area contributed by atoms with E-state index in [9.17, 15) is 10.1 Å². The van der Waals surface area contributed by atoms with Crippen molar-refractivity contribution in [2.75, 3.05) is 5.32 Å². The van der Waals surface area contributed by atoms with Crippen LogP contribution in [0.5, 0.6) is 0 Å². The summed E-state index contributed by atoms with van der Waals surface area (Å²) in [6.07, 6.45) is 3.88. The Morgan fingerprint density at radius 1 is 1.16 bits per heavy atom. The molecule has 0 aliphatic heterocycles. The van der Waals surface area contributed by atoms with Crippen molar-refractivity contribution in [1.82, 2.24) is 4.98 Å². The van der Waals surface area contributed by atoms with Crippen LogP contribution >= 0.6 is 22.9 Å². The summed E-state index contributed by atoms with van der Waals surface area (Å²) in [5.41, 5.74) is 3.15. The molecule has 2 aromatic carbocycles. The maximum atomic E-state index is 12.6. The topological polar surface area (TPSA) is 78.9 Å². The van der Waals surface area contributed by atoms with Gasteiger partial charge in [-0.05, 0) is 48.9 Å². The van der Waals surface area contributed by atoms with E-state index in [4.69, 9.17) is 16.0 Å². The number of hydrogen-bond acceptors (Lipinski definition) is 5. The summed E-state index contributed by atoms with van der Waals surface area (Å²) in [7, 11) is 0. The number of carbonyl (C=O) groups is 1. The van der Waals surface area contributed by atoms with Crippen molar-refractivity contribution in [3.8, 4) is 17.4 Å². The van der Waals surface area contributed by atoms with Gasteiger partial charge in [0.15, 0.2) is 5.13 Å². The molecule has 1 amide bonds. The number of halogens is 1. The van der Waals surface area contributed by atoms with Crippen LogP contribution in [0.3, 0.4) is 0 Å². The van der Waals surface area contributed by atoms with E-state index in [1.807, 2.05) is 25.1 Å². The number of anilines is 1. The largest absolute Gasteiger partial charge is 0.457 e. The van der Waals surface area contributed by atoms with Gasteiger partial charge >= 0.3 is 0 Å². The number of furan rings is 1. The summed E-state index contributed by atoms with van der Waals surface area (Å²) in [5.74, 6) is 0.486. The molecule has 0 aliphatic rings. The van der Waals surface area contributed by atoms with E-state index < -0.39 is 5.91 Å². The molecule has 158 valence electrons. The van der Waals surface area contributed by atoms with E-state index in [0.29, 0.717) is 21.7 Å². The molecule has 0 bridgehead atoms. The van der Waals surface area contributed by atoms with Crippen LogP contribution in [0.25, 0.3) is 17.4 Å². The maximum absolute atomic E-state index is 12.6. The number of aryl methyl sites for hydroxylation is 1. The molecule has 0 spiro atoms. The molecule has 1 N–H and O–H groups in total. The highest BCUT2D eigenvalue weighted by atomic mass is 35.5. The number of amides is 1.